The summed E-state index contributed by atoms with van der Waals surface area (Å²) in [7, 11) is 3.94. The minimum absolute atomic E-state index is 0.0524. The average Bonchev–Trinajstić information content (AvgIpc) is 2.55. The Kier molecular flexibility index (Phi) is 6.72. The largest absolute Gasteiger partial charge is 0.309 e. The van der Waals surface area contributed by atoms with Crippen molar-refractivity contribution in [2.75, 3.05) is 27.2 Å². The summed E-state index contributed by atoms with van der Waals surface area (Å²) in [5.41, 5.74) is 0.718. The molecule has 1 unspecified atom stereocenters. The fourth-order valence-electron chi connectivity index (χ4n) is 2.34. The molecular formula is C17H21FN4O2S. The number of rotatable bonds is 7. The lowest BCUT2D eigenvalue weighted by Gasteiger charge is -2.31. The predicted molar refractivity (Wildman–Crippen MR) is 97.7 cm³/mol. The number of hydrogen-bond acceptors (Lipinski definition) is 5. The summed E-state index contributed by atoms with van der Waals surface area (Å²) in [6, 6.07) is 5.78. The van der Waals surface area contributed by atoms with Gasteiger partial charge in [0.05, 0.1) is 6.54 Å². The standard InChI is InChI=1S/C17H21FN4O2S/c1-21(2)9-3-8-19-10-14-15(23)20-17(25)22(16(14)24)11-12-4-6-13(18)7-5-12/h4-7,10,14H,3,8-9,11H2,1-2H3,(H,20,23,25). The van der Waals surface area contributed by atoms with Gasteiger partial charge in [-0.2, -0.15) is 0 Å². The molecule has 1 aliphatic rings. The minimum Gasteiger partial charge on any atom is -0.309 e. The van der Waals surface area contributed by atoms with Crippen LogP contribution in [0.3, 0.4) is 0 Å². The molecule has 0 saturated carbocycles. The molecule has 8 heteroatoms. The molecule has 0 aliphatic carbocycles. The molecule has 1 saturated heterocycles. The summed E-state index contributed by atoms with van der Waals surface area (Å²) in [5.74, 6) is -2.24. The molecular weight excluding hydrogens is 343 g/mol. The summed E-state index contributed by atoms with van der Waals surface area (Å²) in [6.45, 7) is 1.59. The van der Waals surface area contributed by atoms with Crippen molar-refractivity contribution < 1.29 is 14.0 Å². The van der Waals surface area contributed by atoms with Crippen molar-refractivity contribution in [1.82, 2.24) is 15.1 Å². The van der Waals surface area contributed by atoms with Crippen LogP contribution in [-0.2, 0) is 16.1 Å². The molecule has 0 bridgehead atoms. The van der Waals surface area contributed by atoms with Gasteiger partial charge in [-0.05, 0) is 57.0 Å². The molecule has 0 aromatic heterocycles. The number of nitrogens with one attached hydrogen (secondary N) is 1. The Morgan fingerprint density at radius 3 is 2.64 bits per heavy atom. The third-order valence-corrected chi connectivity index (χ3v) is 4.01. The molecule has 25 heavy (non-hydrogen) atoms. The van der Waals surface area contributed by atoms with Gasteiger partial charge in [0.25, 0.3) is 0 Å². The van der Waals surface area contributed by atoms with E-state index < -0.39 is 17.7 Å². The Labute approximate surface area is 151 Å². The highest BCUT2D eigenvalue weighted by atomic mass is 32.1. The Morgan fingerprint density at radius 1 is 1.32 bits per heavy atom. The number of aliphatic imine (C=N–C) groups is 1. The van der Waals surface area contributed by atoms with Crippen molar-refractivity contribution in [1.29, 1.82) is 0 Å². The van der Waals surface area contributed by atoms with Crippen molar-refractivity contribution in [2.45, 2.75) is 13.0 Å². The van der Waals surface area contributed by atoms with E-state index in [0.717, 1.165) is 18.5 Å². The number of halogens is 1. The first-order chi connectivity index (χ1) is 11.9. The maximum Gasteiger partial charge on any atom is 0.247 e. The minimum atomic E-state index is -0.994. The second-order valence-electron chi connectivity index (χ2n) is 6.04. The average molecular weight is 364 g/mol. The monoisotopic (exact) mass is 364 g/mol. The molecule has 1 fully saturated rings. The van der Waals surface area contributed by atoms with Gasteiger partial charge < -0.3 is 10.2 Å². The summed E-state index contributed by atoms with van der Waals surface area (Å²) in [6.07, 6.45) is 2.22. The van der Waals surface area contributed by atoms with E-state index in [1.54, 1.807) is 12.1 Å². The van der Waals surface area contributed by atoms with Gasteiger partial charge in [0.2, 0.25) is 11.8 Å². The molecule has 1 atom stereocenters. The number of hydrogen-bond donors (Lipinski definition) is 1. The van der Waals surface area contributed by atoms with E-state index in [0.29, 0.717) is 6.54 Å². The molecule has 0 spiro atoms. The molecule has 134 valence electrons. The predicted octanol–water partition coefficient (Wildman–Crippen LogP) is 1.21. The van der Waals surface area contributed by atoms with Crippen LogP contribution in [0.15, 0.2) is 29.3 Å². The van der Waals surface area contributed by atoms with E-state index in [4.69, 9.17) is 12.2 Å². The van der Waals surface area contributed by atoms with Crippen molar-refractivity contribution >= 4 is 35.4 Å². The van der Waals surface area contributed by atoms with Crippen molar-refractivity contribution in [3.63, 3.8) is 0 Å². The lowest BCUT2D eigenvalue weighted by Crippen LogP contribution is -2.57. The molecule has 6 nitrogen and oxygen atoms in total. The maximum atomic E-state index is 13.0. The molecule has 1 N–H and O–H groups in total. The molecule has 2 amide bonds. The van der Waals surface area contributed by atoms with E-state index >= 15 is 0 Å². The molecule has 0 radical (unpaired) electrons. The SMILES string of the molecule is CN(C)CCCN=CC1C(=O)NC(=S)N(Cc2ccc(F)cc2)C1=O. The van der Waals surface area contributed by atoms with E-state index in [1.807, 2.05) is 19.0 Å². The first-order valence-electron chi connectivity index (χ1n) is 7.94. The number of thiocarbonyl (C=S) groups is 1. The van der Waals surface area contributed by atoms with Crippen LogP contribution < -0.4 is 5.32 Å². The first-order valence-corrected chi connectivity index (χ1v) is 8.34. The zero-order valence-corrected chi connectivity index (χ0v) is 15.1. The Bertz CT molecular complexity index is 676. The number of nitrogens with zero attached hydrogens (tertiary/aromatic N) is 3. The van der Waals surface area contributed by atoms with Gasteiger partial charge in [-0.25, -0.2) is 4.39 Å². The molecule has 1 aliphatic heterocycles. The molecule has 1 aromatic rings. The van der Waals surface area contributed by atoms with Crippen molar-refractivity contribution in [2.24, 2.45) is 10.9 Å². The zero-order valence-electron chi connectivity index (χ0n) is 14.2. The van der Waals surface area contributed by atoms with Crippen molar-refractivity contribution in [3.05, 3.63) is 35.6 Å². The highest BCUT2D eigenvalue weighted by molar-refractivity contribution is 7.80. The normalized spacial score (nSPS) is 18.3. The highest BCUT2D eigenvalue weighted by Gasteiger charge is 2.37. The van der Waals surface area contributed by atoms with Crippen LogP contribution in [0, 0.1) is 11.7 Å². The lowest BCUT2D eigenvalue weighted by molar-refractivity contribution is -0.138. The summed E-state index contributed by atoms with van der Waals surface area (Å²) < 4.78 is 13.0. The van der Waals surface area contributed by atoms with E-state index in [-0.39, 0.29) is 17.5 Å². The van der Waals surface area contributed by atoms with Crippen LogP contribution in [0.1, 0.15) is 12.0 Å². The van der Waals surface area contributed by atoms with Crippen molar-refractivity contribution in [3.8, 4) is 0 Å². The smallest absolute Gasteiger partial charge is 0.247 e. The van der Waals surface area contributed by atoms with E-state index in [9.17, 15) is 14.0 Å². The molecule has 1 aromatic carbocycles. The van der Waals surface area contributed by atoms with Crippen LogP contribution in [0.25, 0.3) is 0 Å². The topological polar surface area (TPSA) is 65.0 Å². The Balaban J connectivity index is 2.02. The lowest BCUT2D eigenvalue weighted by atomic mass is 10.1. The van der Waals surface area contributed by atoms with Gasteiger partial charge in [-0.15, -0.1) is 0 Å². The van der Waals surface area contributed by atoms with Gasteiger partial charge in [0, 0.05) is 12.8 Å². The number of carbonyl (C=O) groups is 2. The van der Waals surface area contributed by atoms with Crippen LogP contribution in [0.4, 0.5) is 4.39 Å². The number of carbonyl (C=O) groups excluding carboxylic acids is 2. The fourth-order valence-corrected chi connectivity index (χ4v) is 2.60. The van der Waals surface area contributed by atoms with Gasteiger partial charge in [-0.1, -0.05) is 12.1 Å². The summed E-state index contributed by atoms with van der Waals surface area (Å²) in [5, 5.41) is 2.58. The Hall–Kier alpha value is -2.19. The fraction of sp³-hybridized carbons (Fsp3) is 0.412. The molecule has 2 rings (SSSR count). The first kappa shape index (κ1) is 19.1. The Morgan fingerprint density at radius 2 is 2.00 bits per heavy atom. The van der Waals surface area contributed by atoms with Gasteiger partial charge in [0.1, 0.15) is 5.82 Å². The summed E-state index contributed by atoms with van der Waals surface area (Å²) in [4.78, 5) is 32.2. The van der Waals surface area contributed by atoms with E-state index in [1.165, 1.54) is 23.2 Å². The van der Waals surface area contributed by atoms with Gasteiger partial charge in [-0.3, -0.25) is 19.5 Å². The maximum absolute atomic E-state index is 13.0. The second kappa shape index (κ2) is 8.77. The van der Waals surface area contributed by atoms with Crippen LogP contribution in [-0.4, -0.2) is 60.1 Å². The zero-order chi connectivity index (χ0) is 18.4. The highest BCUT2D eigenvalue weighted by Crippen LogP contribution is 2.14. The number of benzene rings is 1. The summed E-state index contributed by atoms with van der Waals surface area (Å²) >= 11 is 5.09. The molecule has 1 heterocycles. The second-order valence-corrected chi connectivity index (χ2v) is 6.42. The number of amides is 2. The van der Waals surface area contributed by atoms with Gasteiger partial charge in [0.15, 0.2) is 11.0 Å². The third kappa shape index (κ3) is 5.40. The third-order valence-electron chi connectivity index (χ3n) is 3.69. The quantitative estimate of drug-likeness (QED) is 0.342. The van der Waals surface area contributed by atoms with Crippen LogP contribution >= 0.6 is 12.2 Å². The van der Waals surface area contributed by atoms with Crippen LogP contribution in [0.2, 0.25) is 0 Å². The van der Waals surface area contributed by atoms with Gasteiger partial charge >= 0.3 is 0 Å². The van der Waals surface area contributed by atoms with Crippen LogP contribution in [0.5, 0.6) is 0 Å². The van der Waals surface area contributed by atoms with E-state index in [2.05, 4.69) is 10.3 Å².